The third-order valence-electron chi connectivity index (χ3n) is 11.6. The van der Waals surface area contributed by atoms with Crippen molar-refractivity contribution in [2.24, 2.45) is 0 Å². The highest BCUT2D eigenvalue weighted by atomic mass is 16.5. The van der Waals surface area contributed by atoms with Crippen LogP contribution in [0.2, 0.25) is 0 Å². The van der Waals surface area contributed by atoms with Crippen LogP contribution in [0.15, 0.2) is 67.3 Å². The fraction of sp³-hybridized carbons (Fsp3) is 0.439. The molecule has 2 aromatic heterocycles. The minimum absolute atomic E-state index is 0.0562. The number of amides is 5. The zero-order chi connectivity index (χ0) is 37.9. The smallest absolute Gasteiger partial charge is 0.262 e. The van der Waals surface area contributed by atoms with Gasteiger partial charge in [-0.05, 0) is 55.7 Å². The molecular formula is C41H46N8O6. The Labute approximate surface area is 319 Å². The first-order valence-corrected chi connectivity index (χ1v) is 19.4. The van der Waals surface area contributed by atoms with Gasteiger partial charge < -0.3 is 14.6 Å². The molecule has 14 nitrogen and oxygen atoms in total. The lowest BCUT2D eigenvalue weighted by molar-refractivity contribution is -0.136. The number of aryl methyl sites for hydroxylation is 1. The van der Waals surface area contributed by atoms with Gasteiger partial charge in [-0.3, -0.25) is 44.0 Å². The molecule has 14 heteroatoms. The van der Waals surface area contributed by atoms with Crippen molar-refractivity contribution < 1.29 is 28.7 Å². The molecule has 2 aromatic carbocycles. The highest BCUT2D eigenvalue weighted by molar-refractivity contribution is 6.24. The van der Waals surface area contributed by atoms with Gasteiger partial charge in [0.2, 0.25) is 17.7 Å². The molecule has 1 saturated carbocycles. The molecule has 3 aliphatic heterocycles. The van der Waals surface area contributed by atoms with Crippen molar-refractivity contribution in [3.8, 4) is 11.1 Å². The quantitative estimate of drug-likeness (QED) is 0.163. The number of fused-ring (bicyclic) bond motifs is 2. The molecule has 4 aromatic rings. The lowest BCUT2D eigenvalue weighted by atomic mass is 9.89. The Morgan fingerprint density at radius 1 is 0.873 bits per heavy atom. The van der Waals surface area contributed by atoms with E-state index in [-0.39, 0.29) is 42.7 Å². The van der Waals surface area contributed by atoms with Crippen LogP contribution in [-0.2, 0) is 25.5 Å². The van der Waals surface area contributed by atoms with Gasteiger partial charge in [0.1, 0.15) is 18.0 Å². The van der Waals surface area contributed by atoms with Crippen LogP contribution in [0.5, 0.6) is 0 Å². The van der Waals surface area contributed by atoms with E-state index in [1.54, 1.807) is 24.5 Å². The first-order valence-electron chi connectivity index (χ1n) is 19.4. The predicted octanol–water partition coefficient (Wildman–Crippen LogP) is 3.32. The number of rotatable bonds is 12. The zero-order valence-electron chi connectivity index (χ0n) is 30.8. The Balaban J connectivity index is 0.735. The van der Waals surface area contributed by atoms with Crippen LogP contribution in [0.4, 0.5) is 0 Å². The van der Waals surface area contributed by atoms with Crippen molar-refractivity contribution in [3.63, 3.8) is 0 Å². The van der Waals surface area contributed by atoms with Gasteiger partial charge >= 0.3 is 0 Å². The predicted molar refractivity (Wildman–Crippen MR) is 203 cm³/mol. The summed E-state index contributed by atoms with van der Waals surface area (Å²) in [4.78, 5) is 78.0. The molecule has 286 valence electrons. The third kappa shape index (κ3) is 7.66. The maximum absolute atomic E-state index is 13.3. The molecule has 5 amide bonds. The largest absolute Gasteiger partial charge is 0.364 e. The van der Waals surface area contributed by atoms with E-state index in [1.807, 2.05) is 12.3 Å². The van der Waals surface area contributed by atoms with Crippen molar-refractivity contribution in [1.82, 2.24) is 39.9 Å². The van der Waals surface area contributed by atoms with Crippen molar-refractivity contribution in [2.75, 3.05) is 46.1 Å². The number of nitrogens with one attached hydrogen (secondary N) is 2. The number of imide groups is 2. The summed E-state index contributed by atoms with van der Waals surface area (Å²) < 4.78 is 8.29. The maximum atomic E-state index is 13.3. The van der Waals surface area contributed by atoms with E-state index >= 15 is 0 Å². The van der Waals surface area contributed by atoms with Crippen LogP contribution in [0, 0.1) is 0 Å². The number of carbonyl (C=O) groups is 5. The molecule has 5 heterocycles. The van der Waals surface area contributed by atoms with E-state index in [1.165, 1.54) is 11.1 Å². The highest BCUT2D eigenvalue weighted by Crippen LogP contribution is 2.37. The number of benzene rings is 2. The number of aromatic nitrogens is 3. The zero-order valence-corrected chi connectivity index (χ0v) is 30.8. The minimum Gasteiger partial charge on any atom is -0.364 e. The summed E-state index contributed by atoms with van der Waals surface area (Å²) in [5.41, 5.74) is 4.40. The summed E-state index contributed by atoms with van der Waals surface area (Å²) in [5, 5.41) is 6.20. The summed E-state index contributed by atoms with van der Waals surface area (Å²) in [5.74, 6) is -2.38. The molecule has 8 rings (SSSR count). The van der Waals surface area contributed by atoms with E-state index in [9.17, 15) is 24.0 Å². The number of nitrogens with zero attached hydrogens (tertiary/aromatic N) is 6. The van der Waals surface area contributed by atoms with Crippen LogP contribution in [0.3, 0.4) is 0 Å². The summed E-state index contributed by atoms with van der Waals surface area (Å²) in [7, 11) is 0. The molecule has 4 aliphatic rings. The fourth-order valence-electron chi connectivity index (χ4n) is 8.66. The van der Waals surface area contributed by atoms with Gasteiger partial charge in [0.25, 0.3) is 11.8 Å². The Bertz CT molecular complexity index is 2090. The maximum Gasteiger partial charge on any atom is 0.262 e. The summed E-state index contributed by atoms with van der Waals surface area (Å²) >= 11 is 0. The van der Waals surface area contributed by atoms with Crippen molar-refractivity contribution >= 4 is 40.6 Å². The van der Waals surface area contributed by atoms with E-state index in [0.717, 1.165) is 67.8 Å². The van der Waals surface area contributed by atoms with E-state index in [2.05, 4.69) is 65.4 Å². The van der Waals surface area contributed by atoms with Crippen molar-refractivity contribution in [2.45, 2.75) is 69.5 Å². The minimum atomic E-state index is -1.03. The molecule has 2 saturated heterocycles. The van der Waals surface area contributed by atoms with Crippen LogP contribution < -0.4 is 10.6 Å². The van der Waals surface area contributed by atoms with Crippen LogP contribution in [0.25, 0.3) is 22.2 Å². The summed E-state index contributed by atoms with van der Waals surface area (Å²) in [6, 6.07) is 15.4. The Morgan fingerprint density at radius 3 is 2.44 bits per heavy atom. The molecule has 2 N–H and O–H groups in total. The SMILES string of the molecule is O=C(CCc1cccc2c1C(=O)N(C1CCC(=O)NC1=O)C2=O)NCCOCN1CCN(C2CCC(n3cc(-c4ccccc4)c4cncnc43)CC2)CC1. The Morgan fingerprint density at radius 2 is 1.65 bits per heavy atom. The Hall–Kier alpha value is -5.31. The van der Waals surface area contributed by atoms with E-state index in [0.29, 0.717) is 37.5 Å². The molecule has 1 atom stereocenters. The monoisotopic (exact) mass is 746 g/mol. The van der Waals surface area contributed by atoms with Crippen molar-refractivity contribution in [3.05, 3.63) is 83.9 Å². The normalized spacial score (nSPS) is 22.3. The number of ether oxygens (including phenoxy) is 1. The van der Waals surface area contributed by atoms with Crippen molar-refractivity contribution in [1.29, 1.82) is 0 Å². The van der Waals surface area contributed by atoms with Gasteiger partial charge in [0.15, 0.2) is 0 Å². The van der Waals surface area contributed by atoms with Crippen LogP contribution >= 0.6 is 0 Å². The van der Waals surface area contributed by atoms with Gasteiger partial charge in [-0.1, -0.05) is 42.5 Å². The number of carbonyl (C=O) groups excluding carboxylic acids is 5. The summed E-state index contributed by atoms with van der Waals surface area (Å²) in [6.07, 6.45) is 11.0. The van der Waals surface area contributed by atoms with Gasteiger partial charge in [0.05, 0.1) is 24.5 Å². The average Bonchev–Trinajstić information content (AvgIpc) is 3.72. The number of piperazine rings is 1. The molecular weight excluding hydrogens is 701 g/mol. The second kappa shape index (κ2) is 16.2. The topological polar surface area (TPSA) is 159 Å². The van der Waals surface area contributed by atoms with Gasteiger partial charge in [-0.15, -0.1) is 0 Å². The first-order chi connectivity index (χ1) is 26.9. The van der Waals surface area contributed by atoms with Gasteiger partial charge in [-0.25, -0.2) is 9.97 Å². The molecule has 1 aliphatic carbocycles. The number of hydrogen-bond donors (Lipinski definition) is 2. The van der Waals surface area contributed by atoms with E-state index in [4.69, 9.17) is 4.74 Å². The average molecular weight is 747 g/mol. The second-order valence-corrected chi connectivity index (χ2v) is 14.9. The molecule has 1 unspecified atom stereocenters. The second-order valence-electron chi connectivity index (χ2n) is 14.9. The van der Waals surface area contributed by atoms with Gasteiger partial charge in [0, 0.05) is 81.0 Å². The highest BCUT2D eigenvalue weighted by Gasteiger charge is 2.45. The molecule has 0 spiro atoms. The summed E-state index contributed by atoms with van der Waals surface area (Å²) in [6.45, 7) is 5.16. The number of piperidine rings is 1. The standard InChI is InChI=1S/C41H46N8O6/c50-35(15-9-28-7-4-8-31-37(28)41(54)49(40(31)53)34-14-16-36(51)45-39(34)52)43-17-22-55-26-46-18-20-47(21-19-46)29-10-12-30(13-11-29)48-24-33(27-5-2-1-3-6-27)32-23-42-25-44-38(32)48/h1-8,23-25,29-30,34H,9-22,26H2,(H,43,50)(H,45,51,52). The Kier molecular flexibility index (Phi) is 10.8. The lowest BCUT2D eigenvalue weighted by Crippen LogP contribution is -2.54. The molecule has 0 bridgehead atoms. The first kappa shape index (κ1) is 36.7. The van der Waals surface area contributed by atoms with Gasteiger partial charge in [-0.2, -0.15) is 0 Å². The van der Waals surface area contributed by atoms with E-state index < -0.39 is 29.7 Å². The molecule has 3 fully saturated rings. The molecule has 0 radical (unpaired) electrons. The van der Waals surface area contributed by atoms with Crippen LogP contribution in [0.1, 0.15) is 77.3 Å². The number of hydrogen-bond acceptors (Lipinski definition) is 10. The third-order valence-corrected chi connectivity index (χ3v) is 11.6. The lowest BCUT2D eigenvalue weighted by Gasteiger charge is -2.42. The fourth-order valence-corrected chi connectivity index (χ4v) is 8.66. The van der Waals surface area contributed by atoms with Crippen LogP contribution in [-0.4, -0.2) is 117 Å². The molecule has 55 heavy (non-hydrogen) atoms.